The minimum Gasteiger partial charge on any atom is -0.354 e. The molecule has 2 rings (SSSR count). The van der Waals surface area contributed by atoms with E-state index in [9.17, 15) is 9.59 Å². The Bertz CT molecular complexity index is 859. The molecule has 0 unspecified atom stereocenters. The average Bonchev–Trinajstić information content (AvgIpc) is 2.71. The molecule has 0 saturated carbocycles. The third-order valence-electron chi connectivity index (χ3n) is 4.49. The van der Waals surface area contributed by atoms with Crippen LogP contribution >= 0.6 is 46.6 Å². The Hall–Kier alpha value is -1.40. The van der Waals surface area contributed by atoms with Gasteiger partial charge in [0.25, 0.3) is 0 Å². The molecule has 0 spiro atoms. The molecule has 0 aliphatic rings. The molecule has 2 aromatic carbocycles. The van der Waals surface area contributed by atoms with Crippen molar-refractivity contribution >= 4 is 58.4 Å². The van der Waals surface area contributed by atoms with Crippen LogP contribution in [0.4, 0.5) is 0 Å². The maximum absolute atomic E-state index is 13.0. The van der Waals surface area contributed by atoms with Gasteiger partial charge in [-0.25, -0.2) is 0 Å². The van der Waals surface area contributed by atoms with E-state index in [0.29, 0.717) is 33.9 Å². The van der Waals surface area contributed by atoms with Crippen molar-refractivity contribution in [1.29, 1.82) is 0 Å². The summed E-state index contributed by atoms with van der Waals surface area (Å²) in [5.41, 5.74) is 1.67. The highest BCUT2D eigenvalue weighted by Crippen LogP contribution is 2.28. The lowest BCUT2D eigenvalue weighted by Gasteiger charge is -2.29. The maximum Gasteiger partial charge on any atom is 0.242 e. The van der Waals surface area contributed by atoms with Crippen molar-refractivity contribution in [2.75, 3.05) is 12.3 Å². The van der Waals surface area contributed by atoms with Crippen LogP contribution in [0.3, 0.4) is 0 Å². The van der Waals surface area contributed by atoms with E-state index in [1.165, 1.54) is 11.8 Å². The van der Waals surface area contributed by atoms with Gasteiger partial charge in [0.05, 0.1) is 5.75 Å². The summed E-state index contributed by atoms with van der Waals surface area (Å²) in [7, 11) is 0. The van der Waals surface area contributed by atoms with E-state index in [2.05, 4.69) is 5.32 Å². The molecule has 0 aliphatic carbocycles. The van der Waals surface area contributed by atoms with Crippen LogP contribution in [0.25, 0.3) is 0 Å². The van der Waals surface area contributed by atoms with E-state index >= 15 is 0 Å². The second-order valence-electron chi connectivity index (χ2n) is 6.81. The first-order valence-electron chi connectivity index (χ1n) is 9.65. The first kappa shape index (κ1) is 24.9. The van der Waals surface area contributed by atoms with E-state index in [1.54, 1.807) is 42.2 Å². The molecule has 1 atom stereocenters. The minimum atomic E-state index is -0.604. The quantitative estimate of drug-likeness (QED) is 0.459. The van der Waals surface area contributed by atoms with Gasteiger partial charge >= 0.3 is 0 Å². The molecule has 0 aliphatic heterocycles. The molecule has 0 bridgehead atoms. The van der Waals surface area contributed by atoms with E-state index in [-0.39, 0.29) is 17.6 Å². The second-order valence-corrected chi connectivity index (χ2v) is 9.05. The summed E-state index contributed by atoms with van der Waals surface area (Å²) in [6.45, 7) is 4.59. The van der Waals surface area contributed by atoms with Gasteiger partial charge in [-0.2, -0.15) is 0 Å². The third-order valence-corrected chi connectivity index (χ3v) is 6.38. The maximum atomic E-state index is 13.0. The molecule has 30 heavy (non-hydrogen) atoms. The Balaban J connectivity index is 2.09. The SMILES string of the molecule is CCCNC(=O)[C@@H](C)N(Cc1cccc(Cl)c1)C(=O)CSCc1c(Cl)cccc1Cl. The van der Waals surface area contributed by atoms with Crippen LogP contribution in [0.5, 0.6) is 0 Å². The van der Waals surface area contributed by atoms with E-state index < -0.39 is 6.04 Å². The van der Waals surface area contributed by atoms with Crippen LogP contribution in [0.15, 0.2) is 42.5 Å². The van der Waals surface area contributed by atoms with Gasteiger partial charge < -0.3 is 10.2 Å². The van der Waals surface area contributed by atoms with Crippen molar-refractivity contribution in [3.63, 3.8) is 0 Å². The summed E-state index contributed by atoms with van der Waals surface area (Å²) in [6.07, 6.45) is 0.829. The molecular weight excluding hydrogens is 463 g/mol. The standard InChI is InChI=1S/C22H25Cl3N2O2S/c1-3-10-26-22(29)15(2)27(12-16-6-4-7-17(23)11-16)21(28)14-30-13-18-19(24)8-5-9-20(18)25/h4-9,11,15H,3,10,12-14H2,1-2H3,(H,26,29)/t15-/m1/s1. The van der Waals surface area contributed by atoms with Crippen LogP contribution in [0.1, 0.15) is 31.4 Å². The number of hydrogen-bond acceptors (Lipinski definition) is 3. The summed E-state index contributed by atoms with van der Waals surface area (Å²) >= 11 is 19.9. The highest BCUT2D eigenvalue weighted by atomic mass is 35.5. The lowest BCUT2D eigenvalue weighted by molar-refractivity contribution is -0.138. The first-order chi connectivity index (χ1) is 14.3. The van der Waals surface area contributed by atoms with Crippen molar-refractivity contribution < 1.29 is 9.59 Å². The molecule has 162 valence electrons. The predicted octanol–water partition coefficient (Wildman–Crippen LogP) is 5.82. The summed E-state index contributed by atoms with van der Waals surface area (Å²) in [6, 6.07) is 12.0. The molecular formula is C22H25Cl3N2O2S. The number of carbonyl (C=O) groups excluding carboxylic acids is 2. The largest absolute Gasteiger partial charge is 0.354 e. The fraction of sp³-hybridized carbons (Fsp3) is 0.364. The molecule has 0 fully saturated rings. The molecule has 2 amide bonds. The zero-order valence-corrected chi connectivity index (χ0v) is 20.0. The Morgan fingerprint density at radius 3 is 2.40 bits per heavy atom. The number of rotatable bonds is 10. The molecule has 0 saturated heterocycles. The van der Waals surface area contributed by atoms with Crippen LogP contribution in [0.2, 0.25) is 15.1 Å². The van der Waals surface area contributed by atoms with Gasteiger partial charge in [-0.15, -0.1) is 11.8 Å². The van der Waals surface area contributed by atoms with Crippen LogP contribution in [-0.4, -0.2) is 35.1 Å². The number of benzene rings is 2. The highest BCUT2D eigenvalue weighted by Gasteiger charge is 2.26. The van der Waals surface area contributed by atoms with Crippen molar-refractivity contribution in [2.24, 2.45) is 0 Å². The summed E-state index contributed by atoms with van der Waals surface area (Å²) in [5, 5.41) is 4.60. The normalized spacial score (nSPS) is 11.8. The zero-order valence-electron chi connectivity index (χ0n) is 17.0. The Labute approximate surface area is 197 Å². The van der Waals surface area contributed by atoms with Gasteiger partial charge in [-0.1, -0.05) is 59.9 Å². The number of carbonyl (C=O) groups is 2. The molecule has 2 aromatic rings. The van der Waals surface area contributed by atoms with Crippen LogP contribution in [-0.2, 0) is 21.9 Å². The monoisotopic (exact) mass is 486 g/mol. The van der Waals surface area contributed by atoms with Crippen molar-refractivity contribution in [3.05, 3.63) is 68.7 Å². The first-order valence-corrected chi connectivity index (χ1v) is 11.9. The van der Waals surface area contributed by atoms with Gasteiger partial charge in [0.15, 0.2) is 0 Å². The number of nitrogens with one attached hydrogen (secondary N) is 1. The van der Waals surface area contributed by atoms with E-state index in [1.807, 2.05) is 19.1 Å². The lowest BCUT2D eigenvalue weighted by Crippen LogP contribution is -2.48. The minimum absolute atomic E-state index is 0.137. The van der Waals surface area contributed by atoms with Gasteiger partial charge in [0.1, 0.15) is 6.04 Å². The van der Waals surface area contributed by atoms with Gasteiger partial charge in [0.2, 0.25) is 11.8 Å². The number of nitrogens with zero attached hydrogens (tertiary/aromatic N) is 1. The topological polar surface area (TPSA) is 49.4 Å². The van der Waals surface area contributed by atoms with Crippen LogP contribution in [0, 0.1) is 0 Å². The molecule has 8 heteroatoms. The Kier molecular flexibility index (Phi) is 10.3. The number of thioether (sulfide) groups is 1. The summed E-state index contributed by atoms with van der Waals surface area (Å²) in [4.78, 5) is 27.1. The highest BCUT2D eigenvalue weighted by molar-refractivity contribution is 7.99. The fourth-order valence-corrected chi connectivity index (χ4v) is 4.66. The van der Waals surface area contributed by atoms with Crippen LogP contribution < -0.4 is 5.32 Å². The Morgan fingerprint density at radius 2 is 1.77 bits per heavy atom. The van der Waals surface area contributed by atoms with Gasteiger partial charge in [0, 0.05) is 33.9 Å². The molecule has 4 nitrogen and oxygen atoms in total. The smallest absolute Gasteiger partial charge is 0.242 e. The number of amides is 2. The van der Waals surface area contributed by atoms with Gasteiger partial charge in [-0.05, 0) is 48.7 Å². The zero-order chi connectivity index (χ0) is 22.1. The van der Waals surface area contributed by atoms with Crippen molar-refractivity contribution in [1.82, 2.24) is 10.2 Å². The Morgan fingerprint density at radius 1 is 1.10 bits per heavy atom. The summed E-state index contributed by atoms with van der Waals surface area (Å²) in [5.74, 6) is 0.396. The lowest BCUT2D eigenvalue weighted by atomic mass is 10.1. The van der Waals surface area contributed by atoms with E-state index in [0.717, 1.165) is 17.5 Å². The second kappa shape index (κ2) is 12.5. The molecule has 0 aromatic heterocycles. The third kappa shape index (κ3) is 7.38. The van der Waals surface area contributed by atoms with Gasteiger partial charge in [-0.3, -0.25) is 9.59 Å². The number of halogens is 3. The average molecular weight is 488 g/mol. The fourth-order valence-electron chi connectivity index (χ4n) is 2.80. The number of hydrogen-bond donors (Lipinski definition) is 1. The molecule has 1 N–H and O–H groups in total. The van der Waals surface area contributed by atoms with E-state index in [4.69, 9.17) is 34.8 Å². The summed E-state index contributed by atoms with van der Waals surface area (Å²) < 4.78 is 0. The molecule has 0 heterocycles. The van der Waals surface area contributed by atoms with Crippen molar-refractivity contribution in [2.45, 2.75) is 38.6 Å². The molecule has 0 radical (unpaired) electrons. The predicted molar refractivity (Wildman–Crippen MR) is 127 cm³/mol. The van der Waals surface area contributed by atoms with Crippen molar-refractivity contribution in [3.8, 4) is 0 Å².